The predicted octanol–water partition coefficient (Wildman–Crippen LogP) is 1.68. The summed E-state index contributed by atoms with van der Waals surface area (Å²) in [7, 11) is -3.19. The van der Waals surface area contributed by atoms with Crippen molar-refractivity contribution in [1.29, 1.82) is 0 Å². The van der Waals surface area contributed by atoms with Crippen LogP contribution < -0.4 is 10.0 Å². The van der Waals surface area contributed by atoms with Gasteiger partial charge in [-0.25, -0.2) is 13.1 Å². The summed E-state index contributed by atoms with van der Waals surface area (Å²) in [6, 6.07) is 3.85. The second-order valence-electron chi connectivity index (χ2n) is 4.04. The van der Waals surface area contributed by atoms with E-state index < -0.39 is 10.0 Å². The van der Waals surface area contributed by atoms with Crippen molar-refractivity contribution in [2.45, 2.75) is 24.6 Å². The highest BCUT2D eigenvalue weighted by Crippen LogP contribution is 2.22. The van der Waals surface area contributed by atoms with Crippen LogP contribution in [0, 0.1) is 0 Å². The van der Waals surface area contributed by atoms with E-state index in [-0.39, 0.29) is 5.25 Å². The molecular formula is C10H15BrN2O2S2. The van der Waals surface area contributed by atoms with Crippen molar-refractivity contribution in [3.8, 4) is 0 Å². The molecule has 0 amide bonds. The highest BCUT2D eigenvalue weighted by Gasteiger charge is 2.26. The first-order chi connectivity index (χ1) is 8.08. The van der Waals surface area contributed by atoms with Crippen LogP contribution in [0.2, 0.25) is 0 Å². The van der Waals surface area contributed by atoms with Crippen LogP contribution >= 0.6 is 27.3 Å². The van der Waals surface area contributed by atoms with E-state index in [9.17, 15) is 8.42 Å². The molecule has 1 aliphatic heterocycles. The minimum Gasteiger partial charge on any atom is -0.315 e. The van der Waals surface area contributed by atoms with Crippen molar-refractivity contribution in [2.75, 3.05) is 13.1 Å². The molecule has 2 heterocycles. The fourth-order valence-electron chi connectivity index (χ4n) is 1.82. The van der Waals surface area contributed by atoms with Crippen LogP contribution in [-0.4, -0.2) is 26.8 Å². The first-order valence-corrected chi connectivity index (χ1v) is 8.67. The summed E-state index contributed by atoms with van der Waals surface area (Å²) in [6.07, 6.45) is 1.67. The van der Waals surface area contributed by atoms with E-state index >= 15 is 0 Å². The standard InChI is InChI=1S/C10H15BrN2O2S2/c11-10-4-3-8(16-10)6-13-17(14,15)9-2-1-5-12-7-9/h3-4,9,12-13H,1-2,5-7H2. The fourth-order valence-corrected chi connectivity index (χ4v) is 4.74. The Labute approximate surface area is 114 Å². The largest absolute Gasteiger partial charge is 0.315 e. The van der Waals surface area contributed by atoms with Gasteiger partial charge < -0.3 is 5.32 Å². The van der Waals surface area contributed by atoms with E-state index in [1.807, 2.05) is 12.1 Å². The third-order valence-corrected chi connectivity index (χ3v) is 6.22. The molecular weight excluding hydrogens is 324 g/mol. The zero-order valence-electron chi connectivity index (χ0n) is 9.28. The van der Waals surface area contributed by atoms with E-state index in [4.69, 9.17) is 0 Å². The summed E-state index contributed by atoms with van der Waals surface area (Å²) in [5.74, 6) is 0. The Balaban J connectivity index is 1.92. The minimum absolute atomic E-state index is 0.292. The van der Waals surface area contributed by atoms with Crippen molar-refractivity contribution >= 4 is 37.3 Å². The molecule has 0 spiro atoms. The molecule has 1 aromatic rings. The number of hydrogen-bond acceptors (Lipinski definition) is 4. The van der Waals surface area contributed by atoms with Gasteiger partial charge in [0.1, 0.15) is 0 Å². The first-order valence-electron chi connectivity index (χ1n) is 5.51. The topological polar surface area (TPSA) is 58.2 Å². The number of halogens is 1. The third-order valence-electron chi connectivity index (χ3n) is 2.77. The molecule has 1 aromatic heterocycles. The fraction of sp³-hybridized carbons (Fsp3) is 0.600. The third kappa shape index (κ3) is 3.75. The molecule has 96 valence electrons. The molecule has 17 heavy (non-hydrogen) atoms. The molecule has 1 atom stereocenters. The molecule has 2 rings (SSSR count). The number of hydrogen-bond donors (Lipinski definition) is 2. The summed E-state index contributed by atoms with van der Waals surface area (Å²) >= 11 is 4.91. The van der Waals surface area contributed by atoms with Gasteiger partial charge in [0.2, 0.25) is 10.0 Å². The van der Waals surface area contributed by atoms with Crippen LogP contribution in [0.1, 0.15) is 17.7 Å². The van der Waals surface area contributed by atoms with Crippen molar-refractivity contribution < 1.29 is 8.42 Å². The van der Waals surface area contributed by atoms with Gasteiger partial charge in [0.25, 0.3) is 0 Å². The van der Waals surface area contributed by atoms with E-state index in [0.717, 1.165) is 28.0 Å². The maximum Gasteiger partial charge on any atom is 0.216 e. The SMILES string of the molecule is O=S(=O)(NCc1ccc(Br)s1)C1CCCNC1. The Bertz CT molecular complexity index is 466. The van der Waals surface area contributed by atoms with Gasteiger partial charge in [0, 0.05) is 18.0 Å². The van der Waals surface area contributed by atoms with Crippen LogP contribution in [0.4, 0.5) is 0 Å². The molecule has 0 radical (unpaired) electrons. The molecule has 2 N–H and O–H groups in total. The molecule has 7 heteroatoms. The Kier molecular flexibility index (Phi) is 4.59. The lowest BCUT2D eigenvalue weighted by Gasteiger charge is -2.22. The summed E-state index contributed by atoms with van der Waals surface area (Å²) in [4.78, 5) is 1.02. The van der Waals surface area contributed by atoms with E-state index in [2.05, 4.69) is 26.0 Å². The van der Waals surface area contributed by atoms with Gasteiger partial charge in [-0.15, -0.1) is 11.3 Å². The van der Waals surface area contributed by atoms with Gasteiger partial charge in [-0.1, -0.05) is 0 Å². The average Bonchev–Trinajstić information content (AvgIpc) is 2.74. The van der Waals surface area contributed by atoms with Gasteiger partial charge in [-0.3, -0.25) is 0 Å². The van der Waals surface area contributed by atoms with Gasteiger partial charge >= 0.3 is 0 Å². The summed E-state index contributed by atoms with van der Waals surface area (Å²) in [5, 5.41) is 2.83. The summed E-state index contributed by atoms with van der Waals surface area (Å²) < 4.78 is 27.7. The molecule has 1 saturated heterocycles. The molecule has 0 saturated carbocycles. The highest BCUT2D eigenvalue weighted by atomic mass is 79.9. The van der Waals surface area contributed by atoms with E-state index in [1.165, 1.54) is 0 Å². The quantitative estimate of drug-likeness (QED) is 0.878. The summed E-state index contributed by atoms with van der Waals surface area (Å²) in [6.45, 7) is 1.86. The van der Waals surface area contributed by atoms with E-state index in [0.29, 0.717) is 13.1 Å². The minimum atomic E-state index is -3.19. The smallest absolute Gasteiger partial charge is 0.216 e. The molecule has 1 aliphatic rings. The number of nitrogens with one attached hydrogen (secondary N) is 2. The second-order valence-corrected chi connectivity index (χ2v) is 8.63. The van der Waals surface area contributed by atoms with Crippen molar-refractivity contribution in [2.24, 2.45) is 0 Å². The van der Waals surface area contributed by atoms with Crippen LogP contribution in [-0.2, 0) is 16.6 Å². The number of rotatable bonds is 4. The zero-order valence-corrected chi connectivity index (χ0v) is 12.5. The van der Waals surface area contributed by atoms with Gasteiger partial charge in [0.15, 0.2) is 0 Å². The molecule has 1 unspecified atom stereocenters. The first kappa shape index (κ1) is 13.5. The van der Waals surface area contributed by atoms with Crippen molar-refractivity contribution in [3.63, 3.8) is 0 Å². The Morgan fingerprint density at radius 1 is 1.53 bits per heavy atom. The lowest BCUT2D eigenvalue weighted by Crippen LogP contribution is -2.43. The molecule has 0 bridgehead atoms. The van der Waals surface area contributed by atoms with Crippen LogP contribution in [0.15, 0.2) is 15.9 Å². The lowest BCUT2D eigenvalue weighted by molar-refractivity contribution is 0.490. The Morgan fingerprint density at radius 2 is 2.35 bits per heavy atom. The molecule has 1 fully saturated rings. The number of thiophene rings is 1. The Morgan fingerprint density at radius 3 is 2.94 bits per heavy atom. The predicted molar refractivity (Wildman–Crippen MR) is 73.7 cm³/mol. The monoisotopic (exact) mass is 338 g/mol. The molecule has 4 nitrogen and oxygen atoms in total. The normalized spacial score (nSPS) is 21.6. The second kappa shape index (κ2) is 5.79. The van der Waals surface area contributed by atoms with Gasteiger partial charge in [-0.2, -0.15) is 0 Å². The van der Waals surface area contributed by atoms with Gasteiger partial charge in [-0.05, 0) is 47.4 Å². The molecule has 0 aliphatic carbocycles. The van der Waals surface area contributed by atoms with Crippen LogP contribution in [0.3, 0.4) is 0 Å². The average molecular weight is 339 g/mol. The Hall–Kier alpha value is 0.0500. The molecule has 0 aromatic carbocycles. The number of sulfonamides is 1. The van der Waals surface area contributed by atoms with Crippen molar-refractivity contribution in [3.05, 3.63) is 20.8 Å². The van der Waals surface area contributed by atoms with Gasteiger partial charge in [0.05, 0.1) is 9.04 Å². The lowest BCUT2D eigenvalue weighted by atomic mass is 10.2. The van der Waals surface area contributed by atoms with Crippen molar-refractivity contribution in [1.82, 2.24) is 10.0 Å². The number of piperidine rings is 1. The van der Waals surface area contributed by atoms with Crippen LogP contribution in [0.5, 0.6) is 0 Å². The zero-order chi connectivity index (χ0) is 12.3. The summed E-state index contributed by atoms with van der Waals surface area (Å²) in [5.41, 5.74) is 0. The highest BCUT2D eigenvalue weighted by molar-refractivity contribution is 9.11. The van der Waals surface area contributed by atoms with Crippen LogP contribution in [0.25, 0.3) is 0 Å². The maximum absolute atomic E-state index is 12.0. The van der Waals surface area contributed by atoms with E-state index in [1.54, 1.807) is 11.3 Å². The maximum atomic E-state index is 12.0.